The quantitative estimate of drug-likeness (QED) is 0.0262. The highest BCUT2D eigenvalue weighted by molar-refractivity contribution is 5.71. The van der Waals surface area contributed by atoms with E-state index in [1.165, 1.54) is 225 Å². The van der Waals surface area contributed by atoms with Gasteiger partial charge in [-0.1, -0.05) is 270 Å². The number of unbranched alkanes of at least 4 members (excludes halogenated alkanes) is 40. The molecule has 0 rings (SSSR count). The fraction of sp³-hybridized carbons (Fsp3) is 0.914. The first-order valence-electron chi connectivity index (χ1n) is 28.7. The molecule has 6 nitrogen and oxygen atoms in total. The summed E-state index contributed by atoms with van der Waals surface area (Å²) in [4.78, 5) is 37.7. The zero-order valence-electron chi connectivity index (χ0n) is 43.3. The third-order valence-corrected chi connectivity index (χ3v) is 13.0. The Bertz CT molecular complexity index is 993. The second kappa shape index (κ2) is 53.8. The fourth-order valence-electron chi connectivity index (χ4n) is 8.68. The highest BCUT2D eigenvalue weighted by Crippen LogP contribution is 2.17. The van der Waals surface area contributed by atoms with Crippen molar-refractivity contribution in [2.45, 2.75) is 329 Å². The van der Waals surface area contributed by atoms with Gasteiger partial charge in [-0.05, 0) is 44.9 Å². The van der Waals surface area contributed by atoms with Gasteiger partial charge in [-0.25, -0.2) is 0 Å². The van der Waals surface area contributed by atoms with Crippen LogP contribution in [0.25, 0.3) is 0 Å². The molecule has 0 saturated carbocycles. The van der Waals surface area contributed by atoms with Crippen LogP contribution in [-0.4, -0.2) is 37.2 Å². The molecule has 0 spiro atoms. The van der Waals surface area contributed by atoms with Crippen LogP contribution >= 0.6 is 0 Å². The topological polar surface area (TPSA) is 78.9 Å². The van der Waals surface area contributed by atoms with E-state index in [0.29, 0.717) is 19.3 Å². The van der Waals surface area contributed by atoms with Gasteiger partial charge >= 0.3 is 17.9 Å². The molecule has 64 heavy (non-hydrogen) atoms. The molecule has 0 saturated heterocycles. The predicted octanol–water partition coefficient (Wildman–Crippen LogP) is 18.9. The maximum absolute atomic E-state index is 12.7. The monoisotopic (exact) mass is 903 g/mol. The molecule has 0 radical (unpaired) electrons. The van der Waals surface area contributed by atoms with Crippen molar-refractivity contribution in [2.75, 3.05) is 13.2 Å². The largest absolute Gasteiger partial charge is 0.462 e. The molecule has 0 amide bonds. The Balaban J connectivity index is 3.92. The summed E-state index contributed by atoms with van der Waals surface area (Å²) in [6, 6.07) is 0. The summed E-state index contributed by atoms with van der Waals surface area (Å²) in [5.41, 5.74) is 0. The van der Waals surface area contributed by atoms with E-state index in [-0.39, 0.29) is 31.1 Å². The second-order valence-electron chi connectivity index (χ2n) is 19.6. The van der Waals surface area contributed by atoms with Crippen molar-refractivity contribution in [3.8, 4) is 0 Å². The fourth-order valence-corrected chi connectivity index (χ4v) is 8.68. The Kier molecular flexibility index (Phi) is 52.2. The molecule has 0 fully saturated rings. The Morgan fingerprint density at radius 3 is 0.781 bits per heavy atom. The molecular formula is C58H110O6. The van der Waals surface area contributed by atoms with Crippen molar-refractivity contribution >= 4 is 17.9 Å². The summed E-state index contributed by atoms with van der Waals surface area (Å²) < 4.78 is 16.7. The predicted molar refractivity (Wildman–Crippen MR) is 275 cm³/mol. The number of esters is 3. The Labute approximate surface area is 399 Å². The molecule has 0 bridgehead atoms. The van der Waals surface area contributed by atoms with E-state index in [1.807, 2.05) is 0 Å². The van der Waals surface area contributed by atoms with E-state index in [1.54, 1.807) is 0 Å². The van der Waals surface area contributed by atoms with Crippen LogP contribution in [0.15, 0.2) is 12.2 Å². The Morgan fingerprint density at radius 2 is 0.516 bits per heavy atom. The highest BCUT2D eigenvalue weighted by Gasteiger charge is 2.19. The number of rotatable bonds is 53. The minimum Gasteiger partial charge on any atom is -0.462 e. The van der Waals surface area contributed by atoms with Crippen molar-refractivity contribution < 1.29 is 28.6 Å². The lowest BCUT2D eigenvalue weighted by Crippen LogP contribution is -2.30. The molecule has 0 N–H and O–H groups in total. The van der Waals surface area contributed by atoms with Gasteiger partial charge < -0.3 is 14.2 Å². The molecule has 0 aliphatic heterocycles. The van der Waals surface area contributed by atoms with Crippen molar-refractivity contribution in [1.29, 1.82) is 0 Å². The summed E-state index contributed by atoms with van der Waals surface area (Å²) in [5, 5.41) is 0. The van der Waals surface area contributed by atoms with Crippen molar-refractivity contribution in [3.63, 3.8) is 0 Å². The molecule has 0 aromatic carbocycles. The van der Waals surface area contributed by atoms with Crippen LogP contribution in [0, 0.1) is 0 Å². The number of ether oxygens (including phenoxy) is 3. The lowest BCUT2D eigenvalue weighted by Gasteiger charge is -2.18. The van der Waals surface area contributed by atoms with Crippen LogP contribution in [0.3, 0.4) is 0 Å². The molecule has 0 aliphatic carbocycles. The third-order valence-electron chi connectivity index (χ3n) is 13.0. The van der Waals surface area contributed by atoms with Gasteiger partial charge in [0.25, 0.3) is 0 Å². The highest BCUT2D eigenvalue weighted by atomic mass is 16.6. The standard InChI is InChI=1S/C58H110O6/c1-4-7-10-13-16-18-20-21-22-23-24-25-26-27-28-29-30-31-32-33-34-35-36-37-39-40-42-45-48-51-57(60)63-54-55(53-62-56(59)50-47-44-15-12-9-6-3)64-58(61)52-49-46-43-41-38-19-17-14-11-8-5-2/h23-24,55H,4-22,25-54H2,1-3H3/b24-23-. The number of carbonyl (C=O) groups is 3. The van der Waals surface area contributed by atoms with Crippen molar-refractivity contribution in [2.24, 2.45) is 0 Å². The van der Waals surface area contributed by atoms with Gasteiger partial charge in [0.05, 0.1) is 0 Å². The molecule has 0 heterocycles. The van der Waals surface area contributed by atoms with Gasteiger partial charge in [0.1, 0.15) is 13.2 Å². The SMILES string of the molecule is CCCCCCCCCC/C=C\CCCCCCCCCCCCCCCCCCCC(=O)OCC(COC(=O)CCCCCCCC)OC(=O)CCCCCCCCCCCCC. The van der Waals surface area contributed by atoms with Gasteiger partial charge in [-0.2, -0.15) is 0 Å². The Hall–Kier alpha value is -1.85. The first kappa shape index (κ1) is 62.1. The van der Waals surface area contributed by atoms with Crippen LogP contribution in [-0.2, 0) is 28.6 Å². The summed E-state index contributed by atoms with van der Waals surface area (Å²) >= 11 is 0. The maximum atomic E-state index is 12.7. The first-order valence-corrected chi connectivity index (χ1v) is 28.7. The minimum absolute atomic E-state index is 0.0646. The smallest absolute Gasteiger partial charge is 0.306 e. The number of carbonyl (C=O) groups excluding carboxylic acids is 3. The van der Waals surface area contributed by atoms with Gasteiger partial charge in [0.15, 0.2) is 6.10 Å². The second-order valence-corrected chi connectivity index (χ2v) is 19.6. The van der Waals surface area contributed by atoms with Gasteiger partial charge in [0, 0.05) is 19.3 Å². The van der Waals surface area contributed by atoms with E-state index in [9.17, 15) is 14.4 Å². The summed E-state index contributed by atoms with van der Waals surface area (Å²) in [6.07, 6.45) is 61.2. The Morgan fingerprint density at radius 1 is 0.297 bits per heavy atom. The van der Waals surface area contributed by atoms with Gasteiger partial charge in [0.2, 0.25) is 0 Å². The summed E-state index contributed by atoms with van der Waals surface area (Å²) in [5.74, 6) is -0.858. The van der Waals surface area contributed by atoms with Crippen molar-refractivity contribution in [3.05, 3.63) is 12.2 Å². The summed E-state index contributed by atoms with van der Waals surface area (Å²) in [7, 11) is 0. The third kappa shape index (κ3) is 51.1. The minimum atomic E-state index is -0.760. The molecule has 0 aromatic heterocycles. The molecule has 1 unspecified atom stereocenters. The molecule has 6 heteroatoms. The number of hydrogen-bond donors (Lipinski definition) is 0. The number of hydrogen-bond acceptors (Lipinski definition) is 6. The van der Waals surface area contributed by atoms with E-state index >= 15 is 0 Å². The molecule has 378 valence electrons. The van der Waals surface area contributed by atoms with E-state index in [4.69, 9.17) is 14.2 Å². The van der Waals surface area contributed by atoms with Crippen LogP contribution in [0.4, 0.5) is 0 Å². The molecular weight excluding hydrogens is 793 g/mol. The lowest BCUT2D eigenvalue weighted by atomic mass is 10.0. The zero-order chi connectivity index (χ0) is 46.5. The summed E-state index contributed by atoms with van der Waals surface area (Å²) in [6.45, 7) is 6.61. The van der Waals surface area contributed by atoms with Crippen LogP contribution in [0.2, 0.25) is 0 Å². The number of allylic oxidation sites excluding steroid dienone is 2. The average molecular weight is 904 g/mol. The van der Waals surface area contributed by atoms with Crippen LogP contribution in [0.1, 0.15) is 323 Å². The first-order chi connectivity index (χ1) is 31.5. The van der Waals surface area contributed by atoms with E-state index in [0.717, 1.165) is 57.8 Å². The van der Waals surface area contributed by atoms with Gasteiger partial charge in [-0.15, -0.1) is 0 Å². The van der Waals surface area contributed by atoms with E-state index in [2.05, 4.69) is 32.9 Å². The maximum Gasteiger partial charge on any atom is 0.306 e. The van der Waals surface area contributed by atoms with E-state index < -0.39 is 6.10 Å². The zero-order valence-corrected chi connectivity index (χ0v) is 43.3. The van der Waals surface area contributed by atoms with Crippen molar-refractivity contribution in [1.82, 2.24) is 0 Å². The average Bonchev–Trinajstić information content (AvgIpc) is 3.29. The normalized spacial score (nSPS) is 12.0. The molecule has 1 atom stereocenters. The van der Waals surface area contributed by atoms with Gasteiger partial charge in [-0.3, -0.25) is 14.4 Å². The van der Waals surface area contributed by atoms with Crippen LogP contribution in [0.5, 0.6) is 0 Å². The molecule has 0 aromatic rings. The van der Waals surface area contributed by atoms with Crippen LogP contribution < -0.4 is 0 Å². The lowest BCUT2D eigenvalue weighted by molar-refractivity contribution is -0.167. The molecule has 0 aliphatic rings.